The third-order valence-corrected chi connectivity index (χ3v) is 3.14. The number of piperidine rings is 1. The second-order valence-electron chi connectivity index (χ2n) is 3.97. The Morgan fingerprint density at radius 3 is 2.83 bits per heavy atom. The van der Waals surface area contributed by atoms with Gasteiger partial charge in [0.2, 0.25) is 0 Å². The molecule has 2 fully saturated rings. The maximum atomic E-state index is 10.3. The SMILES string of the molecule is O=C(O)CCN1CC2CCC1C2. The van der Waals surface area contributed by atoms with Crippen LogP contribution in [0.3, 0.4) is 0 Å². The summed E-state index contributed by atoms with van der Waals surface area (Å²) in [7, 11) is 0. The number of carbonyl (C=O) groups is 1. The Kier molecular flexibility index (Phi) is 2.05. The number of carboxylic acid groups (broad SMARTS) is 1. The van der Waals surface area contributed by atoms with Crippen molar-refractivity contribution in [3.05, 3.63) is 0 Å². The normalized spacial score (nSPS) is 34.3. The fourth-order valence-corrected chi connectivity index (χ4v) is 2.54. The quantitative estimate of drug-likeness (QED) is 0.683. The van der Waals surface area contributed by atoms with Crippen molar-refractivity contribution < 1.29 is 9.90 Å². The Hall–Kier alpha value is -0.570. The van der Waals surface area contributed by atoms with Crippen molar-refractivity contribution in [1.82, 2.24) is 4.90 Å². The lowest BCUT2D eigenvalue weighted by molar-refractivity contribution is -0.137. The molecule has 1 N–H and O–H groups in total. The van der Waals surface area contributed by atoms with Gasteiger partial charge in [-0.2, -0.15) is 0 Å². The summed E-state index contributed by atoms with van der Waals surface area (Å²) in [4.78, 5) is 12.7. The van der Waals surface area contributed by atoms with Gasteiger partial charge in [0, 0.05) is 19.1 Å². The van der Waals surface area contributed by atoms with Gasteiger partial charge >= 0.3 is 5.97 Å². The van der Waals surface area contributed by atoms with E-state index in [-0.39, 0.29) is 0 Å². The lowest BCUT2D eigenvalue weighted by Crippen LogP contribution is -2.33. The van der Waals surface area contributed by atoms with Crippen molar-refractivity contribution in [3.8, 4) is 0 Å². The third kappa shape index (κ3) is 1.46. The van der Waals surface area contributed by atoms with E-state index in [9.17, 15) is 4.79 Å². The Morgan fingerprint density at radius 1 is 1.50 bits per heavy atom. The molecule has 3 heteroatoms. The molecule has 1 saturated heterocycles. The molecule has 2 atom stereocenters. The first kappa shape index (κ1) is 8.05. The van der Waals surface area contributed by atoms with Gasteiger partial charge in [-0.3, -0.25) is 9.69 Å². The lowest BCUT2D eigenvalue weighted by atomic mass is 10.1. The molecule has 0 aromatic carbocycles. The second-order valence-corrected chi connectivity index (χ2v) is 3.97. The van der Waals surface area contributed by atoms with Crippen LogP contribution in [0.4, 0.5) is 0 Å². The van der Waals surface area contributed by atoms with E-state index in [0.29, 0.717) is 12.5 Å². The monoisotopic (exact) mass is 169 g/mol. The van der Waals surface area contributed by atoms with Crippen LogP contribution in [0, 0.1) is 5.92 Å². The molecule has 2 rings (SSSR count). The Morgan fingerprint density at radius 2 is 2.33 bits per heavy atom. The van der Waals surface area contributed by atoms with Crippen LogP contribution in [-0.2, 0) is 4.79 Å². The topological polar surface area (TPSA) is 40.5 Å². The number of rotatable bonds is 3. The summed E-state index contributed by atoms with van der Waals surface area (Å²) >= 11 is 0. The summed E-state index contributed by atoms with van der Waals surface area (Å²) in [5.41, 5.74) is 0. The molecule has 0 radical (unpaired) electrons. The summed E-state index contributed by atoms with van der Waals surface area (Å²) < 4.78 is 0. The number of likely N-dealkylation sites (tertiary alicyclic amines) is 1. The van der Waals surface area contributed by atoms with Crippen LogP contribution in [0.1, 0.15) is 25.7 Å². The molecule has 0 spiro atoms. The first-order chi connectivity index (χ1) is 5.75. The molecule has 3 nitrogen and oxygen atoms in total. The number of hydrogen-bond donors (Lipinski definition) is 1. The molecule has 2 aliphatic rings. The molecule has 0 aromatic rings. The summed E-state index contributed by atoms with van der Waals surface area (Å²) in [6.07, 6.45) is 4.29. The Balaban J connectivity index is 1.79. The predicted octanol–water partition coefficient (Wildman–Crippen LogP) is 0.945. The van der Waals surface area contributed by atoms with E-state index in [4.69, 9.17) is 5.11 Å². The molecule has 2 unspecified atom stereocenters. The van der Waals surface area contributed by atoms with Crippen molar-refractivity contribution in [3.63, 3.8) is 0 Å². The number of carboxylic acids is 1. The standard InChI is InChI=1S/C9H15NO2/c11-9(12)3-4-10-6-7-1-2-8(10)5-7/h7-8H,1-6H2,(H,11,12). The lowest BCUT2D eigenvalue weighted by Gasteiger charge is -2.25. The van der Waals surface area contributed by atoms with Gasteiger partial charge in [-0.25, -0.2) is 0 Å². The summed E-state index contributed by atoms with van der Waals surface area (Å²) in [6, 6.07) is 0.717. The minimum absolute atomic E-state index is 0.309. The van der Waals surface area contributed by atoms with Gasteiger partial charge < -0.3 is 5.11 Å². The maximum Gasteiger partial charge on any atom is 0.304 e. The number of fused-ring (bicyclic) bond motifs is 2. The first-order valence-electron chi connectivity index (χ1n) is 4.71. The van der Waals surface area contributed by atoms with Crippen LogP contribution < -0.4 is 0 Å². The van der Waals surface area contributed by atoms with E-state index >= 15 is 0 Å². The van der Waals surface area contributed by atoms with Gasteiger partial charge in [0.15, 0.2) is 0 Å². The molecule has 2 bridgehead atoms. The molecule has 0 amide bonds. The molecular formula is C9H15NO2. The van der Waals surface area contributed by atoms with E-state index in [1.165, 1.54) is 19.3 Å². The molecule has 1 saturated carbocycles. The summed E-state index contributed by atoms with van der Waals surface area (Å²) in [5.74, 6) is 0.210. The Labute approximate surface area is 72.4 Å². The summed E-state index contributed by atoms with van der Waals surface area (Å²) in [5, 5.41) is 8.52. The molecule has 68 valence electrons. The average molecular weight is 169 g/mol. The van der Waals surface area contributed by atoms with Crippen LogP contribution >= 0.6 is 0 Å². The highest BCUT2D eigenvalue weighted by Gasteiger charge is 2.37. The largest absolute Gasteiger partial charge is 0.481 e. The van der Waals surface area contributed by atoms with Crippen molar-refractivity contribution >= 4 is 5.97 Å². The molecular weight excluding hydrogens is 154 g/mol. The van der Waals surface area contributed by atoms with Crippen LogP contribution in [-0.4, -0.2) is 35.1 Å². The smallest absolute Gasteiger partial charge is 0.304 e. The van der Waals surface area contributed by atoms with Crippen molar-refractivity contribution in [2.45, 2.75) is 31.7 Å². The maximum absolute atomic E-state index is 10.3. The van der Waals surface area contributed by atoms with E-state index in [2.05, 4.69) is 4.90 Å². The van der Waals surface area contributed by atoms with Crippen molar-refractivity contribution in [2.75, 3.05) is 13.1 Å². The van der Waals surface area contributed by atoms with Gasteiger partial charge in [-0.15, -0.1) is 0 Å². The first-order valence-corrected chi connectivity index (χ1v) is 4.71. The van der Waals surface area contributed by atoms with Crippen LogP contribution in [0.15, 0.2) is 0 Å². The van der Waals surface area contributed by atoms with Crippen molar-refractivity contribution in [1.29, 1.82) is 0 Å². The third-order valence-electron chi connectivity index (χ3n) is 3.14. The van der Waals surface area contributed by atoms with Crippen LogP contribution in [0.25, 0.3) is 0 Å². The average Bonchev–Trinajstić information content (AvgIpc) is 2.60. The molecule has 1 aliphatic carbocycles. The number of nitrogens with zero attached hydrogens (tertiary/aromatic N) is 1. The zero-order chi connectivity index (χ0) is 8.55. The predicted molar refractivity (Wildman–Crippen MR) is 45.0 cm³/mol. The fourth-order valence-electron chi connectivity index (χ4n) is 2.54. The minimum atomic E-state index is -0.669. The highest BCUT2D eigenvalue weighted by Crippen LogP contribution is 2.37. The molecule has 1 aliphatic heterocycles. The number of hydrogen-bond acceptors (Lipinski definition) is 2. The zero-order valence-electron chi connectivity index (χ0n) is 7.20. The van der Waals surface area contributed by atoms with E-state index in [0.717, 1.165) is 19.0 Å². The van der Waals surface area contributed by atoms with Gasteiger partial charge in [-0.05, 0) is 25.2 Å². The molecule has 12 heavy (non-hydrogen) atoms. The van der Waals surface area contributed by atoms with Gasteiger partial charge in [0.1, 0.15) is 0 Å². The molecule has 1 heterocycles. The highest BCUT2D eigenvalue weighted by molar-refractivity contribution is 5.66. The highest BCUT2D eigenvalue weighted by atomic mass is 16.4. The van der Waals surface area contributed by atoms with Gasteiger partial charge in [0.25, 0.3) is 0 Å². The molecule has 0 aromatic heterocycles. The van der Waals surface area contributed by atoms with E-state index in [1.807, 2.05) is 0 Å². The summed E-state index contributed by atoms with van der Waals surface area (Å²) in [6.45, 7) is 1.91. The van der Waals surface area contributed by atoms with Crippen molar-refractivity contribution in [2.24, 2.45) is 5.92 Å². The Bertz CT molecular complexity index is 193. The van der Waals surface area contributed by atoms with Gasteiger partial charge in [0.05, 0.1) is 6.42 Å². The van der Waals surface area contributed by atoms with Crippen LogP contribution in [0.5, 0.6) is 0 Å². The minimum Gasteiger partial charge on any atom is -0.481 e. The zero-order valence-corrected chi connectivity index (χ0v) is 7.20. The van der Waals surface area contributed by atoms with Crippen LogP contribution in [0.2, 0.25) is 0 Å². The number of aliphatic carboxylic acids is 1. The van der Waals surface area contributed by atoms with E-state index in [1.54, 1.807) is 0 Å². The second kappa shape index (κ2) is 3.05. The fraction of sp³-hybridized carbons (Fsp3) is 0.889. The van der Waals surface area contributed by atoms with E-state index < -0.39 is 5.97 Å². The van der Waals surface area contributed by atoms with Gasteiger partial charge in [-0.1, -0.05) is 0 Å².